The summed E-state index contributed by atoms with van der Waals surface area (Å²) in [4.78, 5) is 31.4. The summed E-state index contributed by atoms with van der Waals surface area (Å²) in [6, 6.07) is 0. The van der Waals surface area contributed by atoms with E-state index in [-0.39, 0.29) is 11.8 Å². The molecule has 1 aliphatic rings. The van der Waals surface area contributed by atoms with E-state index in [0.717, 1.165) is 57.3 Å². The number of likely N-dealkylation sites (N-methyl/N-ethyl adjacent to an activating group) is 1. The molecule has 0 saturated carbocycles. The molecule has 2 rings (SSSR count). The van der Waals surface area contributed by atoms with Gasteiger partial charge in [-0.3, -0.25) is 9.59 Å². The molecular formula is C18H31N5O2. The number of carbonyl (C=O) groups is 2. The Morgan fingerprint density at radius 1 is 1.12 bits per heavy atom. The highest BCUT2D eigenvalue weighted by molar-refractivity contribution is 5.97. The zero-order chi connectivity index (χ0) is 18.2. The molecule has 0 spiro atoms. The molecule has 0 atom stereocenters. The number of fused-ring (bicyclic) bond motifs is 1. The lowest BCUT2D eigenvalue weighted by Crippen LogP contribution is -2.33. The van der Waals surface area contributed by atoms with Gasteiger partial charge in [0.1, 0.15) is 5.69 Å². The molecule has 0 bridgehead atoms. The molecule has 0 saturated heterocycles. The number of aromatic nitrogens is 2. The van der Waals surface area contributed by atoms with Gasteiger partial charge in [0.25, 0.3) is 11.8 Å². The minimum Gasteiger partial charge on any atom is -0.351 e. The Morgan fingerprint density at radius 2 is 1.88 bits per heavy atom. The highest BCUT2D eigenvalue weighted by atomic mass is 16.2. The number of hydrogen-bond acceptors (Lipinski definition) is 4. The Bertz CT molecular complexity index is 595. The van der Waals surface area contributed by atoms with Gasteiger partial charge in [-0.25, -0.2) is 4.98 Å². The van der Waals surface area contributed by atoms with Crippen LogP contribution in [0.15, 0.2) is 0 Å². The molecule has 25 heavy (non-hydrogen) atoms. The van der Waals surface area contributed by atoms with E-state index in [1.54, 1.807) is 0 Å². The zero-order valence-electron chi connectivity index (χ0n) is 15.7. The number of nitrogens with zero attached hydrogens (tertiary/aromatic N) is 3. The maximum atomic E-state index is 12.5. The summed E-state index contributed by atoms with van der Waals surface area (Å²) < 4.78 is 1.93. The Hall–Kier alpha value is -1.89. The second kappa shape index (κ2) is 9.56. The molecule has 1 aromatic rings. The highest BCUT2D eigenvalue weighted by Gasteiger charge is 2.27. The fourth-order valence-corrected chi connectivity index (χ4v) is 3.03. The Morgan fingerprint density at radius 3 is 2.60 bits per heavy atom. The van der Waals surface area contributed by atoms with E-state index in [0.29, 0.717) is 24.6 Å². The lowest BCUT2D eigenvalue weighted by molar-refractivity contribution is 0.0935. The summed E-state index contributed by atoms with van der Waals surface area (Å²) in [5.74, 6) is 0.0105. The van der Waals surface area contributed by atoms with Crippen LogP contribution in [0, 0.1) is 0 Å². The van der Waals surface area contributed by atoms with Crippen LogP contribution in [-0.2, 0) is 13.0 Å². The van der Waals surface area contributed by atoms with Gasteiger partial charge in [-0.1, -0.05) is 19.8 Å². The second-order valence-corrected chi connectivity index (χ2v) is 6.86. The average molecular weight is 349 g/mol. The van der Waals surface area contributed by atoms with E-state index >= 15 is 0 Å². The SMILES string of the molecule is CCCCCNC(=O)c1nc(C(=O)NCCN(C)C)n2c1CCCC2. The fraction of sp³-hybridized carbons (Fsp3) is 0.722. The van der Waals surface area contributed by atoms with Crippen molar-refractivity contribution >= 4 is 11.8 Å². The topological polar surface area (TPSA) is 79.3 Å². The van der Waals surface area contributed by atoms with Gasteiger partial charge in [-0.2, -0.15) is 0 Å². The van der Waals surface area contributed by atoms with Gasteiger partial charge < -0.3 is 20.1 Å². The van der Waals surface area contributed by atoms with Gasteiger partial charge in [0.05, 0.1) is 5.69 Å². The van der Waals surface area contributed by atoms with Gasteiger partial charge in [0.15, 0.2) is 5.82 Å². The van der Waals surface area contributed by atoms with Gasteiger partial charge in [0, 0.05) is 26.2 Å². The number of unbranched alkanes of at least 4 members (excludes halogenated alkanes) is 2. The van der Waals surface area contributed by atoms with E-state index in [4.69, 9.17) is 0 Å². The average Bonchev–Trinajstić information content (AvgIpc) is 2.98. The van der Waals surface area contributed by atoms with Crippen LogP contribution in [0.4, 0.5) is 0 Å². The van der Waals surface area contributed by atoms with Crippen molar-refractivity contribution in [3.63, 3.8) is 0 Å². The van der Waals surface area contributed by atoms with E-state index in [1.807, 2.05) is 23.6 Å². The van der Waals surface area contributed by atoms with Crippen molar-refractivity contribution in [3.05, 3.63) is 17.2 Å². The van der Waals surface area contributed by atoms with E-state index in [1.165, 1.54) is 0 Å². The maximum absolute atomic E-state index is 12.5. The molecular weight excluding hydrogens is 318 g/mol. The minimum atomic E-state index is -0.199. The van der Waals surface area contributed by atoms with Crippen molar-refractivity contribution < 1.29 is 9.59 Å². The summed E-state index contributed by atoms with van der Waals surface area (Å²) in [6.45, 7) is 4.87. The van der Waals surface area contributed by atoms with Crippen molar-refractivity contribution in [1.29, 1.82) is 0 Å². The zero-order valence-corrected chi connectivity index (χ0v) is 15.7. The molecule has 7 nitrogen and oxygen atoms in total. The first kappa shape index (κ1) is 19.4. The molecule has 0 radical (unpaired) electrons. The van der Waals surface area contributed by atoms with Crippen molar-refractivity contribution in [2.24, 2.45) is 0 Å². The van der Waals surface area contributed by atoms with E-state index < -0.39 is 0 Å². The number of imidazole rings is 1. The third-order valence-electron chi connectivity index (χ3n) is 4.45. The monoisotopic (exact) mass is 349 g/mol. The minimum absolute atomic E-state index is 0.158. The van der Waals surface area contributed by atoms with Gasteiger partial charge in [0.2, 0.25) is 0 Å². The molecule has 0 aliphatic carbocycles. The first-order chi connectivity index (χ1) is 12.0. The molecule has 1 aliphatic heterocycles. The first-order valence-electron chi connectivity index (χ1n) is 9.35. The fourth-order valence-electron chi connectivity index (χ4n) is 3.03. The lowest BCUT2D eigenvalue weighted by Gasteiger charge is -2.17. The standard InChI is InChI=1S/C18H31N5O2/c1-4-5-7-10-19-17(24)15-14-9-6-8-12-23(14)16(21-15)18(25)20-11-13-22(2)3/h4-13H2,1-3H3,(H,19,24)(H,20,25). The highest BCUT2D eigenvalue weighted by Crippen LogP contribution is 2.21. The summed E-state index contributed by atoms with van der Waals surface area (Å²) in [5, 5.41) is 5.84. The third kappa shape index (κ3) is 5.29. The molecule has 0 unspecified atom stereocenters. The van der Waals surface area contributed by atoms with Crippen LogP contribution in [0.2, 0.25) is 0 Å². The molecule has 140 valence electrons. The summed E-state index contributed by atoms with van der Waals surface area (Å²) >= 11 is 0. The number of hydrogen-bond donors (Lipinski definition) is 2. The lowest BCUT2D eigenvalue weighted by atomic mass is 10.1. The predicted octanol–water partition coefficient (Wildman–Crippen LogP) is 1.43. The normalized spacial score (nSPS) is 13.6. The number of rotatable bonds is 9. The van der Waals surface area contributed by atoms with Crippen LogP contribution in [0.25, 0.3) is 0 Å². The summed E-state index contributed by atoms with van der Waals surface area (Å²) in [7, 11) is 3.93. The van der Waals surface area contributed by atoms with Crippen LogP contribution >= 0.6 is 0 Å². The molecule has 2 heterocycles. The quantitative estimate of drug-likeness (QED) is 0.661. The molecule has 2 amide bonds. The smallest absolute Gasteiger partial charge is 0.287 e. The Kier molecular flexibility index (Phi) is 7.43. The number of nitrogens with one attached hydrogen (secondary N) is 2. The van der Waals surface area contributed by atoms with Crippen LogP contribution in [-0.4, -0.2) is 60.0 Å². The van der Waals surface area contributed by atoms with Crippen molar-refractivity contribution in [2.75, 3.05) is 33.7 Å². The van der Waals surface area contributed by atoms with E-state index in [9.17, 15) is 9.59 Å². The van der Waals surface area contributed by atoms with Crippen LogP contribution in [0.3, 0.4) is 0 Å². The third-order valence-corrected chi connectivity index (χ3v) is 4.45. The molecule has 7 heteroatoms. The molecule has 2 N–H and O–H groups in total. The van der Waals surface area contributed by atoms with Gasteiger partial charge in [-0.15, -0.1) is 0 Å². The van der Waals surface area contributed by atoms with Crippen LogP contribution in [0.1, 0.15) is 65.8 Å². The largest absolute Gasteiger partial charge is 0.351 e. The van der Waals surface area contributed by atoms with Crippen LogP contribution in [0.5, 0.6) is 0 Å². The summed E-state index contributed by atoms with van der Waals surface area (Å²) in [5.41, 5.74) is 1.32. The number of carbonyl (C=O) groups excluding carboxylic acids is 2. The Balaban J connectivity index is 2.09. The van der Waals surface area contributed by atoms with Crippen molar-refractivity contribution in [1.82, 2.24) is 25.1 Å². The first-order valence-corrected chi connectivity index (χ1v) is 9.35. The molecule has 0 aromatic carbocycles. The van der Waals surface area contributed by atoms with Gasteiger partial charge >= 0.3 is 0 Å². The van der Waals surface area contributed by atoms with Crippen molar-refractivity contribution in [2.45, 2.75) is 52.0 Å². The second-order valence-electron chi connectivity index (χ2n) is 6.86. The van der Waals surface area contributed by atoms with E-state index in [2.05, 4.69) is 22.5 Å². The van der Waals surface area contributed by atoms with Crippen molar-refractivity contribution in [3.8, 4) is 0 Å². The maximum Gasteiger partial charge on any atom is 0.287 e. The summed E-state index contributed by atoms with van der Waals surface area (Å²) in [6.07, 6.45) is 6.03. The predicted molar refractivity (Wildman–Crippen MR) is 97.9 cm³/mol. The number of amides is 2. The van der Waals surface area contributed by atoms with Crippen LogP contribution < -0.4 is 10.6 Å². The Labute approximate surface area is 150 Å². The molecule has 1 aromatic heterocycles. The van der Waals surface area contributed by atoms with Gasteiger partial charge in [-0.05, 0) is 39.8 Å². The molecule has 0 fully saturated rings.